The number of fused-ring (bicyclic) bond motifs is 1. The third-order valence-electron chi connectivity index (χ3n) is 7.27. The lowest BCUT2D eigenvalue weighted by Gasteiger charge is -2.44. The first-order valence-electron chi connectivity index (χ1n) is 12.8. The van der Waals surface area contributed by atoms with Gasteiger partial charge >= 0.3 is 0 Å². The lowest BCUT2D eigenvalue weighted by atomic mass is 9.91. The van der Waals surface area contributed by atoms with E-state index in [-0.39, 0.29) is 11.8 Å². The summed E-state index contributed by atoms with van der Waals surface area (Å²) in [6, 6.07) is 8.18. The molecule has 0 N–H and O–H groups in total. The molecule has 182 valence electrons. The second kappa shape index (κ2) is 11.3. The van der Waals surface area contributed by atoms with Crippen LogP contribution in [0.1, 0.15) is 51.0 Å². The molecule has 3 aliphatic rings. The molecule has 0 bridgehead atoms. The van der Waals surface area contributed by atoms with Gasteiger partial charge < -0.3 is 19.3 Å². The summed E-state index contributed by atoms with van der Waals surface area (Å²) in [4.78, 5) is 32.9. The summed E-state index contributed by atoms with van der Waals surface area (Å²) < 4.78 is 12.3. The average Bonchev–Trinajstić information content (AvgIpc) is 2.85. The molecule has 0 aromatic heterocycles. The summed E-state index contributed by atoms with van der Waals surface area (Å²) in [7, 11) is 0. The molecule has 7 heteroatoms. The van der Waals surface area contributed by atoms with E-state index >= 15 is 0 Å². The first-order chi connectivity index (χ1) is 16.1. The SMILES string of the molecule is CCN1CCOc2ccccc2CCCCC2(CN(C(=O)CN3CCCCC3)CCO2)C1=O. The van der Waals surface area contributed by atoms with Crippen molar-refractivity contribution < 1.29 is 19.1 Å². The average molecular weight is 458 g/mol. The minimum atomic E-state index is -0.954. The third kappa shape index (κ3) is 5.87. The Balaban J connectivity index is 1.48. The highest BCUT2D eigenvalue weighted by molar-refractivity contribution is 5.87. The van der Waals surface area contributed by atoms with Crippen molar-refractivity contribution in [3.05, 3.63) is 29.8 Å². The van der Waals surface area contributed by atoms with E-state index in [2.05, 4.69) is 11.0 Å². The van der Waals surface area contributed by atoms with Crippen molar-refractivity contribution in [3.63, 3.8) is 0 Å². The van der Waals surface area contributed by atoms with Crippen LogP contribution >= 0.6 is 0 Å². The number of carbonyl (C=O) groups excluding carboxylic acids is 2. The van der Waals surface area contributed by atoms with E-state index in [0.29, 0.717) is 52.4 Å². The second-order valence-electron chi connectivity index (χ2n) is 9.54. The van der Waals surface area contributed by atoms with Crippen LogP contribution < -0.4 is 4.74 Å². The molecule has 3 aliphatic heterocycles. The number of aryl methyl sites for hydroxylation is 1. The molecular weight excluding hydrogens is 418 g/mol. The molecule has 0 radical (unpaired) electrons. The number of hydrogen-bond acceptors (Lipinski definition) is 5. The lowest BCUT2D eigenvalue weighted by Crippen LogP contribution is -2.62. The number of rotatable bonds is 3. The molecule has 3 heterocycles. The number of likely N-dealkylation sites (tertiary alicyclic amines) is 1. The fourth-order valence-electron chi connectivity index (χ4n) is 5.33. The van der Waals surface area contributed by atoms with Gasteiger partial charge in [-0.2, -0.15) is 0 Å². The zero-order chi connectivity index (χ0) is 23.1. The van der Waals surface area contributed by atoms with Gasteiger partial charge in [0.15, 0.2) is 5.60 Å². The van der Waals surface area contributed by atoms with Gasteiger partial charge in [0.2, 0.25) is 5.91 Å². The highest BCUT2D eigenvalue weighted by atomic mass is 16.5. The van der Waals surface area contributed by atoms with Gasteiger partial charge in [-0.1, -0.05) is 24.6 Å². The van der Waals surface area contributed by atoms with Crippen LogP contribution in [0.5, 0.6) is 5.75 Å². The Bertz CT molecular complexity index is 810. The number of ether oxygens (including phenoxy) is 2. The maximum Gasteiger partial charge on any atom is 0.256 e. The topological polar surface area (TPSA) is 62.3 Å². The van der Waals surface area contributed by atoms with Gasteiger partial charge in [-0.3, -0.25) is 14.5 Å². The van der Waals surface area contributed by atoms with Gasteiger partial charge in [-0.25, -0.2) is 0 Å². The summed E-state index contributed by atoms with van der Waals surface area (Å²) in [5.41, 5.74) is 0.259. The Labute approximate surface area is 198 Å². The molecule has 7 nitrogen and oxygen atoms in total. The van der Waals surface area contributed by atoms with E-state index in [0.717, 1.165) is 50.9 Å². The van der Waals surface area contributed by atoms with Crippen molar-refractivity contribution in [3.8, 4) is 5.75 Å². The maximum atomic E-state index is 13.8. The standard InChI is InChI=1S/C26H39N3O4/c1-2-28-16-18-32-23-12-5-4-10-22(23)11-6-7-13-26(25(28)31)21-29(17-19-33-26)24(30)20-27-14-8-3-9-15-27/h4-5,10,12H,2-3,6-9,11,13-21H2,1H3. The number of hydrogen-bond donors (Lipinski definition) is 0. The number of para-hydroxylation sites is 1. The minimum Gasteiger partial charge on any atom is -0.491 e. The van der Waals surface area contributed by atoms with Crippen LogP contribution in [-0.2, 0) is 20.7 Å². The summed E-state index contributed by atoms with van der Waals surface area (Å²) >= 11 is 0. The quantitative estimate of drug-likeness (QED) is 0.699. The maximum absolute atomic E-state index is 13.8. The van der Waals surface area contributed by atoms with Crippen LogP contribution in [0.2, 0.25) is 0 Å². The van der Waals surface area contributed by atoms with E-state index in [1.807, 2.05) is 34.9 Å². The van der Waals surface area contributed by atoms with E-state index < -0.39 is 5.60 Å². The molecule has 2 amide bonds. The Kier molecular flexibility index (Phi) is 8.25. The number of amides is 2. The van der Waals surface area contributed by atoms with Gasteiger partial charge in [-0.15, -0.1) is 0 Å². The highest BCUT2D eigenvalue weighted by Crippen LogP contribution is 2.29. The molecule has 2 fully saturated rings. The monoisotopic (exact) mass is 457 g/mol. The Morgan fingerprint density at radius 2 is 1.82 bits per heavy atom. The van der Waals surface area contributed by atoms with Crippen LogP contribution in [0.15, 0.2) is 24.3 Å². The van der Waals surface area contributed by atoms with Gasteiger partial charge in [0.1, 0.15) is 12.4 Å². The second-order valence-corrected chi connectivity index (χ2v) is 9.54. The largest absolute Gasteiger partial charge is 0.491 e. The Hall–Kier alpha value is -2.12. The molecule has 0 saturated carbocycles. The summed E-state index contributed by atoms with van der Waals surface area (Å²) in [6.45, 7) is 7.30. The first-order valence-corrected chi connectivity index (χ1v) is 12.8. The number of benzene rings is 1. The molecule has 33 heavy (non-hydrogen) atoms. The molecular formula is C26H39N3O4. The van der Waals surface area contributed by atoms with Crippen LogP contribution in [0.3, 0.4) is 0 Å². The summed E-state index contributed by atoms with van der Waals surface area (Å²) in [5, 5.41) is 0. The van der Waals surface area contributed by atoms with Crippen LogP contribution in [0, 0.1) is 0 Å². The van der Waals surface area contributed by atoms with Gasteiger partial charge in [0.25, 0.3) is 5.91 Å². The van der Waals surface area contributed by atoms with E-state index in [1.54, 1.807) is 0 Å². The molecule has 1 unspecified atom stereocenters. The van der Waals surface area contributed by atoms with E-state index in [9.17, 15) is 9.59 Å². The molecule has 1 spiro atoms. The lowest BCUT2D eigenvalue weighted by molar-refractivity contribution is -0.176. The predicted octanol–water partition coefficient (Wildman–Crippen LogP) is 2.72. The number of morpholine rings is 1. The molecule has 0 aliphatic carbocycles. The molecule has 1 atom stereocenters. The number of nitrogens with zero attached hydrogens (tertiary/aromatic N) is 3. The Morgan fingerprint density at radius 3 is 2.64 bits per heavy atom. The highest BCUT2D eigenvalue weighted by Gasteiger charge is 2.46. The fourth-order valence-corrected chi connectivity index (χ4v) is 5.33. The summed E-state index contributed by atoms with van der Waals surface area (Å²) in [5.74, 6) is 1.04. The first kappa shape index (κ1) is 24.0. The molecule has 1 aromatic rings. The van der Waals surface area contributed by atoms with Crippen LogP contribution in [-0.4, -0.2) is 91.1 Å². The number of carbonyl (C=O) groups is 2. The van der Waals surface area contributed by atoms with Crippen molar-refractivity contribution in [2.45, 2.75) is 57.5 Å². The number of piperidine rings is 1. The zero-order valence-electron chi connectivity index (χ0n) is 20.1. The number of likely N-dealkylation sites (N-methyl/N-ethyl adjacent to an activating group) is 1. The van der Waals surface area contributed by atoms with Crippen molar-refractivity contribution in [1.82, 2.24) is 14.7 Å². The van der Waals surface area contributed by atoms with Crippen molar-refractivity contribution >= 4 is 11.8 Å². The van der Waals surface area contributed by atoms with Gasteiger partial charge in [0.05, 0.1) is 26.2 Å². The zero-order valence-corrected chi connectivity index (χ0v) is 20.1. The third-order valence-corrected chi connectivity index (χ3v) is 7.27. The van der Waals surface area contributed by atoms with E-state index in [1.165, 1.54) is 12.0 Å². The van der Waals surface area contributed by atoms with Gasteiger partial charge in [0, 0.05) is 13.1 Å². The van der Waals surface area contributed by atoms with Crippen molar-refractivity contribution in [2.24, 2.45) is 0 Å². The predicted molar refractivity (Wildman–Crippen MR) is 127 cm³/mol. The van der Waals surface area contributed by atoms with Crippen molar-refractivity contribution in [2.75, 3.05) is 59.0 Å². The smallest absolute Gasteiger partial charge is 0.256 e. The van der Waals surface area contributed by atoms with E-state index in [4.69, 9.17) is 9.47 Å². The molecule has 2 saturated heterocycles. The summed E-state index contributed by atoms with van der Waals surface area (Å²) in [6.07, 6.45) is 6.94. The fraction of sp³-hybridized carbons (Fsp3) is 0.692. The van der Waals surface area contributed by atoms with Crippen LogP contribution in [0.25, 0.3) is 0 Å². The van der Waals surface area contributed by atoms with Crippen LogP contribution in [0.4, 0.5) is 0 Å². The Morgan fingerprint density at radius 1 is 1.00 bits per heavy atom. The molecule has 4 rings (SSSR count). The van der Waals surface area contributed by atoms with Gasteiger partial charge in [-0.05, 0) is 70.2 Å². The molecule has 1 aromatic carbocycles. The minimum absolute atomic E-state index is 0.00192. The van der Waals surface area contributed by atoms with Crippen molar-refractivity contribution in [1.29, 1.82) is 0 Å². The normalized spacial score (nSPS) is 25.7.